The summed E-state index contributed by atoms with van der Waals surface area (Å²) in [6.07, 6.45) is 1.63. The van der Waals surface area contributed by atoms with Crippen LogP contribution in [0.3, 0.4) is 0 Å². The second-order valence-corrected chi connectivity index (χ2v) is 5.06. The van der Waals surface area contributed by atoms with Crippen LogP contribution in [0.2, 0.25) is 0 Å². The van der Waals surface area contributed by atoms with Gasteiger partial charge < -0.3 is 15.8 Å². The maximum Gasteiger partial charge on any atom is 0.251 e. The normalized spacial score (nSPS) is 10.8. The standard InChI is InChI=1S/C14H20N2O2/c1-5-8-18-12-9-10(6-7-11(12)15)13(17)16-14(2,3)4/h5-7,9H,1,8,15H2,2-4H3,(H,16,17). The second kappa shape index (κ2) is 5.58. The molecule has 0 bridgehead atoms. The topological polar surface area (TPSA) is 64.3 Å². The number of rotatable bonds is 4. The zero-order chi connectivity index (χ0) is 13.8. The number of anilines is 1. The van der Waals surface area contributed by atoms with Gasteiger partial charge in [0.15, 0.2) is 0 Å². The van der Waals surface area contributed by atoms with Crippen molar-refractivity contribution in [3.63, 3.8) is 0 Å². The summed E-state index contributed by atoms with van der Waals surface area (Å²) in [7, 11) is 0. The van der Waals surface area contributed by atoms with Crippen molar-refractivity contribution in [2.24, 2.45) is 0 Å². The largest absolute Gasteiger partial charge is 0.487 e. The summed E-state index contributed by atoms with van der Waals surface area (Å²) >= 11 is 0. The van der Waals surface area contributed by atoms with E-state index in [0.717, 1.165) is 0 Å². The highest BCUT2D eigenvalue weighted by Crippen LogP contribution is 2.23. The molecule has 0 aliphatic rings. The molecule has 0 saturated heterocycles. The molecule has 1 amide bonds. The van der Waals surface area contributed by atoms with Crippen LogP contribution in [0.4, 0.5) is 5.69 Å². The Bertz CT molecular complexity index is 448. The maximum absolute atomic E-state index is 12.0. The van der Waals surface area contributed by atoms with Gasteiger partial charge in [-0.3, -0.25) is 4.79 Å². The molecule has 0 aliphatic heterocycles. The molecule has 0 fully saturated rings. The van der Waals surface area contributed by atoms with Crippen molar-refractivity contribution in [2.75, 3.05) is 12.3 Å². The molecule has 0 heterocycles. The minimum Gasteiger partial charge on any atom is -0.487 e. The first-order chi connectivity index (χ1) is 8.33. The third-order valence-electron chi connectivity index (χ3n) is 2.12. The van der Waals surface area contributed by atoms with Crippen LogP contribution in [0.1, 0.15) is 31.1 Å². The molecule has 1 aromatic rings. The van der Waals surface area contributed by atoms with Gasteiger partial charge in [-0.2, -0.15) is 0 Å². The van der Waals surface area contributed by atoms with Gasteiger partial charge in [0.1, 0.15) is 12.4 Å². The number of nitrogens with one attached hydrogen (secondary N) is 1. The van der Waals surface area contributed by atoms with Crippen LogP contribution in [-0.2, 0) is 0 Å². The van der Waals surface area contributed by atoms with Gasteiger partial charge in [0.2, 0.25) is 0 Å². The van der Waals surface area contributed by atoms with E-state index in [1.807, 2.05) is 20.8 Å². The highest BCUT2D eigenvalue weighted by Gasteiger charge is 2.16. The van der Waals surface area contributed by atoms with E-state index in [1.54, 1.807) is 24.3 Å². The molecule has 0 saturated carbocycles. The molecular formula is C14H20N2O2. The summed E-state index contributed by atoms with van der Waals surface area (Å²) in [5, 5.41) is 2.88. The molecule has 98 valence electrons. The summed E-state index contributed by atoms with van der Waals surface area (Å²) in [5.74, 6) is 0.349. The van der Waals surface area contributed by atoms with Crippen molar-refractivity contribution in [3.05, 3.63) is 36.4 Å². The number of amides is 1. The lowest BCUT2D eigenvalue weighted by atomic mass is 10.1. The number of nitrogen functional groups attached to an aromatic ring is 1. The molecule has 0 atom stereocenters. The van der Waals surface area contributed by atoms with Crippen LogP contribution in [0, 0.1) is 0 Å². The van der Waals surface area contributed by atoms with E-state index in [4.69, 9.17) is 10.5 Å². The fourth-order valence-corrected chi connectivity index (χ4v) is 1.36. The van der Waals surface area contributed by atoms with E-state index in [0.29, 0.717) is 23.6 Å². The predicted molar refractivity (Wildman–Crippen MR) is 73.8 cm³/mol. The van der Waals surface area contributed by atoms with E-state index in [-0.39, 0.29) is 11.4 Å². The van der Waals surface area contributed by atoms with Crippen LogP contribution in [-0.4, -0.2) is 18.1 Å². The summed E-state index contributed by atoms with van der Waals surface area (Å²) in [4.78, 5) is 12.0. The average molecular weight is 248 g/mol. The van der Waals surface area contributed by atoms with Crippen molar-refractivity contribution in [3.8, 4) is 5.75 Å². The molecule has 1 rings (SSSR count). The Labute approximate surface area is 108 Å². The van der Waals surface area contributed by atoms with E-state index >= 15 is 0 Å². The molecule has 0 radical (unpaired) electrons. The lowest BCUT2D eigenvalue weighted by Gasteiger charge is -2.20. The Morgan fingerprint density at radius 2 is 2.17 bits per heavy atom. The highest BCUT2D eigenvalue weighted by atomic mass is 16.5. The molecule has 1 aromatic carbocycles. The molecule has 18 heavy (non-hydrogen) atoms. The van der Waals surface area contributed by atoms with Gasteiger partial charge in [-0.05, 0) is 39.0 Å². The van der Waals surface area contributed by atoms with Crippen LogP contribution in [0.15, 0.2) is 30.9 Å². The number of carbonyl (C=O) groups excluding carboxylic acids is 1. The van der Waals surface area contributed by atoms with E-state index in [2.05, 4.69) is 11.9 Å². The Morgan fingerprint density at radius 3 is 2.72 bits per heavy atom. The summed E-state index contributed by atoms with van der Waals surface area (Å²) in [6, 6.07) is 4.98. The van der Waals surface area contributed by atoms with Crippen LogP contribution >= 0.6 is 0 Å². The Morgan fingerprint density at radius 1 is 1.50 bits per heavy atom. The molecule has 3 N–H and O–H groups in total. The molecular weight excluding hydrogens is 228 g/mol. The van der Waals surface area contributed by atoms with Gasteiger partial charge >= 0.3 is 0 Å². The van der Waals surface area contributed by atoms with Crippen molar-refractivity contribution < 1.29 is 9.53 Å². The van der Waals surface area contributed by atoms with Crippen LogP contribution in [0.5, 0.6) is 5.75 Å². The zero-order valence-corrected chi connectivity index (χ0v) is 11.1. The number of hydrogen-bond donors (Lipinski definition) is 2. The first-order valence-electron chi connectivity index (χ1n) is 5.79. The van der Waals surface area contributed by atoms with Gasteiger partial charge in [-0.25, -0.2) is 0 Å². The fraction of sp³-hybridized carbons (Fsp3) is 0.357. The molecule has 4 nitrogen and oxygen atoms in total. The van der Waals surface area contributed by atoms with Crippen molar-refractivity contribution >= 4 is 11.6 Å². The van der Waals surface area contributed by atoms with Crippen LogP contribution in [0.25, 0.3) is 0 Å². The number of ether oxygens (including phenoxy) is 1. The molecule has 0 spiro atoms. The lowest BCUT2D eigenvalue weighted by Crippen LogP contribution is -2.40. The van der Waals surface area contributed by atoms with E-state index in [9.17, 15) is 4.79 Å². The number of benzene rings is 1. The average Bonchev–Trinajstić information content (AvgIpc) is 2.25. The molecule has 4 heteroatoms. The zero-order valence-electron chi connectivity index (χ0n) is 11.1. The minimum atomic E-state index is -0.277. The first kappa shape index (κ1) is 14.1. The second-order valence-electron chi connectivity index (χ2n) is 5.06. The monoisotopic (exact) mass is 248 g/mol. The van der Waals surface area contributed by atoms with E-state index < -0.39 is 0 Å². The predicted octanol–water partition coefficient (Wildman–Crippen LogP) is 2.36. The van der Waals surface area contributed by atoms with E-state index in [1.165, 1.54) is 0 Å². The van der Waals surface area contributed by atoms with Gasteiger partial charge in [-0.1, -0.05) is 12.7 Å². The summed E-state index contributed by atoms with van der Waals surface area (Å²) < 4.78 is 5.38. The van der Waals surface area contributed by atoms with Gasteiger partial charge in [0, 0.05) is 11.1 Å². The van der Waals surface area contributed by atoms with Gasteiger partial charge in [0.25, 0.3) is 5.91 Å². The maximum atomic E-state index is 12.0. The van der Waals surface area contributed by atoms with Gasteiger partial charge in [0.05, 0.1) is 5.69 Å². The quantitative estimate of drug-likeness (QED) is 0.635. The number of hydrogen-bond acceptors (Lipinski definition) is 3. The number of carbonyl (C=O) groups is 1. The Kier molecular flexibility index (Phi) is 4.37. The Balaban J connectivity index is 2.90. The fourth-order valence-electron chi connectivity index (χ4n) is 1.36. The molecule has 0 aromatic heterocycles. The smallest absolute Gasteiger partial charge is 0.251 e. The first-order valence-corrected chi connectivity index (χ1v) is 5.79. The third-order valence-corrected chi connectivity index (χ3v) is 2.12. The lowest BCUT2D eigenvalue weighted by molar-refractivity contribution is 0.0919. The van der Waals surface area contributed by atoms with Gasteiger partial charge in [-0.15, -0.1) is 0 Å². The molecule has 0 aliphatic carbocycles. The third kappa shape index (κ3) is 4.13. The van der Waals surface area contributed by atoms with Crippen LogP contribution < -0.4 is 15.8 Å². The van der Waals surface area contributed by atoms with Crippen molar-refractivity contribution in [1.82, 2.24) is 5.32 Å². The summed E-state index contributed by atoms with van der Waals surface area (Å²) in [6.45, 7) is 9.71. The number of nitrogens with two attached hydrogens (primary N) is 1. The minimum absolute atomic E-state index is 0.147. The summed E-state index contributed by atoms with van der Waals surface area (Å²) in [5.41, 5.74) is 6.52. The molecule has 0 unspecified atom stereocenters. The van der Waals surface area contributed by atoms with Crippen molar-refractivity contribution in [1.29, 1.82) is 0 Å². The Hall–Kier alpha value is -1.97. The SMILES string of the molecule is C=CCOc1cc(C(=O)NC(C)(C)C)ccc1N. The highest BCUT2D eigenvalue weighted by molar-refractivity contribution is 5.95. The van der Waals surface area contributed by atoms with Crippen molar-refractivity contribution in [2.45, 2.75) is 26.3 Å².